The first-order valence-electron chi connectivity index (χ1n) is 14.5. The first kappa shape index (κ1) is 24.1. The van der Waals surface area contributed by atoms with Gasteiger partial charge in [-0.05, 0) is 105 Å². The van der Waals surface area contributed by atoms with Crippen molar-refractivity contribution < 1.29 is 0 Å². The fourth-order valence-corrected chi connectivity index (χ4v) is 7.42. The Balaban J connectivity index is 1.20. The standard InChI is InChI=1S/C32H50/c1-3-5-6-8-26-11-15-28(16-12-26)30-19-23-32(24-20-30)31-21-17-29(18-22-31)27-13-9-25(7-4-2)10-14-27/h11-12,15-16,19,23,25,27,29-32H,3-10,13-14,17-18,20-22,24H2,1-2H3. The summed E-state index contributed by atoms with van der Waals surface area (Å²) in [5, 5.41) is 0. The molecular weight excluding hydrogens is 384 g/mol. The molecule has 0 aliphatic heterocycles. The molecule has 0 saturated heterocycles. The van der Waals surface area contributed by atoms with E-state index in [2.05, 4.69) is 50.3 Å². The van der Waals surface area contributed by atoms with E-state index in [1.54, 1.807) is 18.4 Å². The summed E-state index contributed by atoms with van der Waals surface area (Å²) in [4.78, 5) is 0. The molecule has 0 aromatic heterocycles. The molecule has 3 aliphatic carbocycles. The van der Waals surface area contributed by atoms with Gasteiger partial charge in [0.2, 0.25) is 0 Å². The molecule has 0 amide bonds. The molecule has 4 rings (SSSR count). The van der Waals surface area contributed by atoms with Crippen LogP contribution < -0.4 is 0 Å². The second kappa shape index (κ2) is 12.4. The lowest BCUT2D eigenvalue weighted by Gasteiger charge is -2.40. The smallest absolute Gasteiger partial charge is 0.00182 e. The number of allylic oxidation sites excluding steroid dienone is 2. The zero-order valence-electron chi connectivity index (χ0n) is 21.2. The first-order chi connectivity index (χ1) is 15.8. The summed E-state index contributed by atoms with van der Waals surface area (Å²) < 4.78 is 0. The average molecular weight is 435 g/mol. The van der Waals surface area contributed by atoms with Crippen molar-refractivity contribution in [3.05, 3.63) is 47.5 Å². The van der Waals surface area contributed by atoms with Gasteiger partial charge < -0.3 is 0 Å². The highest BCUT2D eigenvalue weighted by molar-refractivity contribution is 5.29. The van der Waals surface area contributed by atoms with Gasteiger partial charge in [0.1, 0.15) is 0 Å². The average Bonchev–Trinajstić information content (AvgIpc) is 2.86. The lowest BCUT2D eigenvalue weighted by atomic mass is 9.66. The van der Waals surface area contributed by atoms with Gasteiger partial charge in [0.25, 0.3) is 0 Å². The highest BCUT2D eigenvalue weighted by Crippen LogP contribution is 2.45. The maximum absolute atomic E-state index is 2.63. The molecule has 178 valence electrons. The molecule has 0 radical (unpaired) electrons. The van der Waals surface area contributed by atoms with Crippen LogP contribution >= 0.6 is 0 Å². The molecule has 3 aliphatic rings. The van der Waals surface area contributed by atoms with Crippen molar-refractivity contribution in [3.63, 3.8) is 0 Å². The second-order valence-corrected chi connectivity index (χ2v) is 11.7. The molecule has 0 heteroatoms. The Morgan fingerprint density at radius 1 is 0.625 bits per heavy atom. The van der Waals surface area contributed by atoms with E-state index in [-0.39, 0.29) is 0 Å². The van der Waals surface area contributed by atoms with Gasteiger partial charge in [-0.25, -0.2) is 0 Å². The van der Waals surface area contributed by atoms with Gasteiger partial charge >= 0.3 is 0 Å². The minimum atomic E-state index is 0.658. The van der Waals surface area contributed by atoms with Crippen molar-refractivity contribution in [2.75, 3.05) is 0 Å². The maximum Gasteiger partial charge on any atom is 0.00182 e. The van der Waals surface area contributed by atoms with E-state index in [0.717, 1.165) is 29.6 Å². The second-order valence-electron chi connectivity index (χ2n) is 11.7. The Morgan fingerprint density at radius 2 is 1.28 bits per heavy atom. The molecule has 0 N–H and O–H groups in total. The third kappa shape index (κ3) is 6.51. The van der Waals surface area contributed by atoms with Gasteiger partial charge in [0.05, 0.1) is 0 Å². The SMILES string of the molecule is CCCCCc1ccc(C2C=CC(C3CCC(C4CCC(CCC)CC4)CC3)CC2)cc1. The molecule has 1 aromatic carbocycles. The van der Waals surface area contributed by atoms with Crippen LogP contribution in [0.2, 0.25) is 0 Å². The van der Waals surface area contributed by atoms with Gasteiger partial charge in [0, 0.05) is 5.92 Å². The van der Waals surface area contributed by atoms with E-state index in [9.17, 15) is 0 Å². The first-order valence-corrected chi connectivity index (χ1v) is 14.5. The predicted octanol–water partition coefficient (Wildman–Crippen LogP) is 9.88. The summed E-state index contributed by atoms with van der Waals surface area (Å²) in [7, 11) is 0. The molecule has 2 unspecified atom stereocenters. The van der Waals surface area contributed by atoms with Crippen molar-refractivity contribution in [2.45, 2.75) is 122 Å². The van der Waals surface area contributed by atoms with Gasteiger partial charge in [0.15, 0.2) is 0 Å². The summed E-state index contributed by atoms with van der Waals surface area (Å²) in [6.45, 7) is 4.65. The molecule has 0 spiro atoms. The highest BCUT2D eigenvalue weighted by Gasteiger charge is 2.33. The quantitative estimate of drug-likeness (QED) is 0.268. The topological polar surface area (TPSA) is 0 Å². The van der Waals surface area contributed by atoms with Gasteiger partial charge in [-0.1, -0.05) is 88.8 Å². The molecule has 2 atom stereocenters. The summed E-state index contributed by atoms with van der Waals surface area (Å²) in [6.07, 6.45) is 28.3. The van der Waals surface area contributed by atoms with Crippen LogP contribution in [0.5, 0.6) is 0 Å². The molecule has 0 bridgehead atoms. The lowest BCUT2D eigenvalue weighted by molar-refractivity contribution is 0.128. The van der Waals surface area contributed by atoms with E-state index in [0.29, 0.717) is 5.92 Å². The number of unbranched alkanes of at least 4 members (excludes halogenated alkanes) is 2. The van der Waals surface area contributed by atoms with E-state index >= 15 is 0 Å². The number of hydrogen-bond acceptors (Lipinski definition) is 0. The molecular formula is C32H50. The van der Waals surface area contributed by atoms with Gasteiger partial charge in [-0.3, -0.25) is 0 Å². The van der Waals surface area contributed by atoms with Crippen LogP contribution in [0.3, 0.4) is 0 Å². The summed E-state index contributed by atoms with van der Waals surface area (Å²) in [5.41, 5.74) is 3.07. The van der Waals surface area contributed by atoms with E-state index in [1.807, 2.05) is 0 Å². The van der Waals surface area contributed by atoms with Crippen LogP contribution in [0, 0.1) is 29.6 Å². The Hall–Kier alpha value is -1.04. The maximum atomic E-state index is 2.63. The molecule has 2 fully saturated rings. The van der Waals surface area contributed by atoms with E-state index in [1.165, 1.54) is 95.5 Å². The Bertz CT molecular complexity index is 666. The Kier molecular flexibility index (Phi) is 9.36. The molecule has 0 nitrogen and oxygen atoms in total. The number of hydrogen-bond donors (Lipinski definition) is 0. The summed E-state index contributed by atoms with van der Waals surface area (Å²) >= 11 is 0. The van der Waals surface area contributed by atoms with E-state index in [4.69, 9.17) is 0 Å². The zero-order valence-corrected chi connectivity index (χ0v) is 21.2. The molecule has 32 heavy (non-hydrogen) atoms. The molecule has 2 saturated carbocycles. The van der Waals surface area contributed by atoms with E-state index < -0.39 is 0 Å². The number of rotatable bonds is 9. The number of aryl methyl sites for hydroxylation is 1. The normalized spacial score (nSPS) is 33.3. The monoisotopic (exact) mass is 434 g/mol. The zero-order chi connectivity index (χ0) is 22.2. The number of benzene rings is 1. The van der Waals surface area contributed by atoms with Crippen molar-refractivity contribution in [3.8, 4) is 0 Å². The van der Waals surface area contributed by atoms with Crippen LogP contribution in [-0.4, -0.2) is 0 Å². The lowest BCUT2D eigenvalue weighted by Crippen LogP contribution is -2.28. The Morgan fingerprint density at radius 3 is 1.88 bits per heavy atom. The van der Waals surface area contributed by atoms with Crippen LogP contribution in [0.4, 0.5) is 0 Å². The fraction of sp³-hybridized carbons (Fsp3) is 0.750. The highest BCUT2D eigenvalue weighted by atomic mass is 14.4. The van der Waals surface area contributed by atoms with Crippen molar-refractivity contribution >= 4 is 0 Å². The summed E-state index contributed by atoms with van der Waals surface area (Å²) in [5.74, 6) is 5.68. The third-order valence-corrected chi connectivity index (χ3v) is 9.56. The fourth-order valence-electron chi connectivity index (χ4n) is 7.42. The van der Waals surface area contributed by atoms with Crippen molar-refractivity contribution in [1.82, 2.24) is 0 Å². The van der Waals surface area contributed by atoms with Crippen LogP contribution in [0.25, 0.3) is 0 Å². The third-order valence-electron chi connectivity index (χ3n) is 9.56. The van der Waals surface area contributed by atoms with Gasteiger partial charge in [-0.2, -0.15) is 0 Å². The minimum Gasteiger partial charge on any atom is -0.0845 e. The van der Waals surface area contributed by atoms with Gasteiger partial charge in [-0.15, -0.1) is 0 Å². The van der Waals surface area contributed by atoms with Crippen LogP contribution in [-0.2, 0) is 6.42 Å². The molecule has 1 aromatic rings. The summed E-state index contributed by atoms with van der Waals surface area (Å²) in [6, 6.07) is 9.61. The van der Waals surface area contributed by atoms with Crippen LogP contribution in [0.1, 0.15) is 127 Å². The molecule has 0 heterocycles. The largest absolute Gasteiger partial charge is 0.0845 e. The van der Waals surface area contributed by atoms with Crippen LogP contribution in [0.15, 0.2) is 36.4 Å². The Labute approximate surface area is 199 Å². The predicted molar refractivity (Wildman–Crippen MR) is 140 cm³/mol. The minimum absolute atomic E-state index is 0.658. The van der Waals surface area contributed by atoms with Crippen molar-refractivity contribution in [1.29, 1.82) is 0 Å². The van der Waals surface area contributed by atoms with Crippen molar-refractivity contribution in [2.24, 2.45) is 29.6 Å².